The molecular formula is C11H15NO2S. The molecule has 0 aromatic heterocycles. The Morgan fingerprint density at radius 1 is 1.47 bits per heavy atom. The Balaban J connectivity index is 3.20. The number of hydrogen-bond acceptors (Lipinski definition) is 2. The highest BCUT2D eigenvalue weighted by Crippen LogP contribution is 2.17. The first-order chi connectivity index (χ1) is 6.95. The van der Waals surface area contributed by atoms with Gasteiger partial charge in [-0.1, -0.05) is 23.8 Å². The van der Waals surface area contributed by atoms with Crippen LogP contribution in [0.3, 0.4) is 0 Å². The molecule has 0 bridgehead atoms. The highest BCUT2D eigenvalue weighted by molar-refractivity contribution is 7.89. The molecule has 0 aliphatic rings. The fraction of sp³-hybridized carbons (Fsp3) is 0.273. The maximum absolute atomic E-state index is 11.3. The van der Waals surface area contributed by atoms with Crippen LogP contribution in [0.2, 0.25) is 0 Å². The number of hydrogen-bond donors (Lipinski definition) is 1. The lowest BCUT2D eigenvalue weighted by Gasteiger charge is -2.07. The third kappa shape index (κ3) is 3.18. The van der Waals surface area contributed by atoms with E-state index < -0.39 is 10.0 Å². The first-order valence-electron chi connectivity index (χ1n) is 4.68. The van der Waals surface area contributed by atoms with Gasteiger partial charge in [0.05, 0.1) is 4.90 Å². The molecule has 0 heterocycles. The summed E-state index contributed by atoms with van der Waals surface area (Å²) in [5.74, 6) is 0. The zero-order valence-corrected chi connectivity index (χ0v) is 9.55. The predicted molar refractivity (Wildman–Crippen MR) is 61.1 cm³/mol. The molecule has 0 aliphatic carbocycles. The molecule has 0 spiro atoms. The molecule has 82 valence electrons. The van der Waals surface area contributed by atoms with E-state index in [0.29, 0.717) is 6.42 Å². The highest BCUT2D eigenvalue weighted by atomic mass is 32.2. The van der Waals surface area contributed by atoms with Gasteiger partial charge in [0.15, 0.2) is 0 Å². The van der Waals surface area contributed by atoms with E-state index in [9.17, 15) is 8.42 Å². The van der Waals surface area contributed by atoms with Crippen LogP contribution in [0.15, 0.2) is 35.7 Å². The number of nitrogens with two attached hydrogens (primary N) is 1. The molecule has 4 heteroatoms. The Morgan fingerprint density at radius 2 is 2.13 bits per heavy atom. The number of sulfonamides is 1. The van der Waals surface area contributed by atoms with Gasteiger partial charge in [0.25, 0.3) is 0 Å². The lowest BCUT2D eigenvalue weighted by atomic mass is 10.1. The van der Waals surface area contributed by atoms with Gasteiger partial charge in [-0.2, -0.15) is 0 Å². The van der Waals surface area contributed by atoms with Crippen LogP contribution in [0.1, 0.15) is 17.5 Å². The van der Waals surface area contributed by atoms with E-state index in [1.807, 2.05) is 13.0 Å². The van der Waals surface area contributed by atoms with E-state index >= 15 is 0 Å². The van der Waals surface area contributed by atoms with Crippen LogP contribution in [0.25, 0.3) is 0 Å². The van der Waals surface area contributed by atoms with Gasteiger partial charge in [0.2, 0.25) is 10.0 Å². The monoisotopic (exact) mass is 225 g/mol. The van der Waals surface area contributed by atoms with E-state index in [0.717, 1.165) is 17.5 Å². The summed E-state index contributed by atoms with van der Waals surface area (Å²) in [5.41, 5.74) is 1.79. The molecule has 0 saturated heterocycles. The molecule has 0 saturated carbocycles. The van der Waals surface area contributed by atoms with Crippen molar-refractivity contribution in [3.63, 3.8) is 0 Å². The molecule has 1 rings (SSSR count). The van der Waals surface area contributed by atoms with Gasteiger partial charge < -0.3 is 0 Å². The fourth-order valence-corrected chi connectivity index (χ4v) is 2.22. The van der Waals surface area contributed by atoms with Gasteiger partial charge in [0, 0.05) is 0 Å². The summed E-state index contributed by atoms with van der Waals surface area (Å²) < 4.78 is 22.6. The van der Waals surface area contributed by atoms with Gasteiger partial charge in [-0.3, -0.25) is 0 Å². The minimum Gasteiger partial charge on any atom is -0.225 e. The molecular weight excluding hydrogens is 210 g/mol. The number of rotatable bonds is 4. The fourth-order valence-electron chi connectivity index (χ4n) is 1.44. The minimum absolute atomic E-state index is 0.218. The van der Waals surface area contributed by atoms with Crippen molar-refractivity contribution in [3.05, 3.63) is 42.0 Å². The van der Waals surface area contributed by atoms with Gasteiger partial charge in [0.1, 0.15) is 0 Å². The summed E-state index contributed by atoms with van der Waals surface area (Å²) in [6.07, 6.45) is 3.15. The van der Waals surface area contributed by atoms with Gasteiger partial charge in [-0.05, 0) is 31.4 Å². The summed E-state index contributed by atoms with van der Waals surface area (Å²) in [4.78, 5) is 0.218. The molecule has 1 aromatic carbocycles. The summed E-state index contributed by atoms with van der Waals surface area (Å²) in [5, 5.41) is 5.13. The van der Waals surface area contributed by atoms with Gasteiger partial charge >= 0.3 is 0 Å². The second kappa shape index (κ2) is 4.59. The Kier molecular flexibility index (Phi) is 3.66. The summed E-state index contributed by atoms with van der Waals surface area (Å²) in [6.45, 7) is 5.53. The zero-order chi connectivity index (χ0) is 11.5. The van der Waals surface area contributed by atoms with Gasteiger partial charge in [-0.15, -0.1) is 6.58 Å². The van der Waals surface area contributed by atoms with Gasteiger partial charge in [-0.25, -0.2) is 13.6 Å². The topological polar surface area (TPSA) is 60.2 Å². The quantitative estimate of drug-likeness (QED) is 0.794. The molecule has 0 atom stereocenters. The summed E-state index contributed by atoms with van der Waals surface area (Å²) in [6, 6.07) is 5.16. The molecule has 3 nitrogen and oxygen atoms in total. The second-order valence-electron chi connectivity index (χ2n) is 3.48. The van der Waals surface area contributed by atoms with Crippen molar-refractivity contribution >= 4 is 10.0 Å². The van der Waals surface area contributed by atoms with Crippen molar-refractivity contribution in [2.75, 3.05) is 0 Å². The molecule has 0 amide bonds. The van der Waals surface area contributed by atoms with Crippen LogP contribution in [0.5, 0.6) is 0 Å². The predicted octanol–water partition coefficient (Wildman–Crippen LogP) is 1.76. The Labute approximate surface area is 90.7 Å². The standard InChI is InChI=1S/C11H15NO2S/c1-3-4-5-10-8-9(2)6-7-11(10)15(12,13)14/h3,6-8H,1,4-5H2,2H3,(H2,12,13,14). The molecule has 0 unspecified atom stereocenters. The normalized spacial score (nSPS) is 11.3. The minimum atomic E-state index is -3.61. The average molecular weight is 225 g/mol. The average Bonchev–Trinajstić information content (AvgIpc) is 2.12. The first kappa shape index (κ1) is 11.9. The molecule has 1 aromatic rings. The Bertz CT molecular complexity index is 463. The zero-order valence-electron chi connectivity index (χ0n) is 8.73. The van der Waals surface area contributed by atoms with E-state index in [2.05, 4.69) is 6.58 Å². The van der Waals surface area contributed by atoms with E-state index in [1.165, 1.54) is 0 Å². The van der Waals surface area contributed by atoms with Crippen LogP contribution in [0.4, 0.5) is 0 Å². The van der Waals surface area contributed by atoms with Crippen LogP contribution in [-0.4, -0.2) is 8.42 Å². The largest absolute Gasteiger partial charge is 0.238 e. The summed E-state index contributed by atoms with van der Waals surface area (Å²) in [7, 11) is -3.61. The number of aryl methyl sites for hydroxylation is 2. The van der Waals surface area contributed by atoms with E-state index in [-0.39, 0.29) is 4.90 Å². The Hall–Kier alpha value is -1.13. The van der Waals surface area contributed by atoms with Crippen molar-refractivity contribution in [1.82, 2.24) is 0 Å². The van der Waals surface area contributed by atoms with Crippen molar-refractivity contribution < 1.29 is 8.42 Å². The second-order valence-corrected chi connectivity index (χ2v) is 5.01. The molecule has 0 radical (unpaired) electrons. The summed E-state index contributed by atoms with van der Waals surface area (Å²) >= 11 is 0. The lowest BCUT2D eigenvalue weighted by Crippen LogP contribution is -2.14. The third-order valence-corrected chi connectivity index (χ3v) is 3.15. The first-order valence-corrected chi connectivity index (χ1v) is 6.23. The molecule has 0 aliphatic heterocycles. The van der Waals surface area contributed by atoms with Crippen molar-refractivity contribution in [1.29, 1.82) is 0 Å². The third-order valence-electron chi connectivity index (χ3n) is 2.14. The molecule has 0 fully saturated rings. The lowest BCUT2D eigenvalue weighted by molar-refractivity contribution is 0.596. The van der Waals surface area contributed by atoms with Crippen molar-refractivity contribution in [2.24, 2.45) is 5.14 Å². The van der Waals surface area contributed by atoms with Crippen LogP contribution < -0.4 is 5.14 Å². The number of benzene rings is 1. The maximum Gasteiger partial charge on any atom is 0.238 e. The smallest absolute Gasteiger partial charge is 0.225 e. The highest BCUT2D eigenvalue weighted by Gasteiger charge is 2.12. The van der Waals surface area contributed by atoms with Crippen LogP contribution >= 0.6 is 0 Å². The molecule has 15 heavy (non-hydrogen) atoms. The SMILES string of the molecule is C=CCCc1cc(C)ccc1S(N)(=O)=O. The Morgan fingerprint density at radius 3 is 2.67 bits per heavy atom. The van der Waals surface area contributed by atoms with Crippen LogP contribution in [0, 0.1) is 6.92 Å². The number of allylic oxidation sites excluding steroid dienone is 1. The van der Waals surface area contributed by atoms with Crippen LogP contribution in [-0.2, 0) is 16.4 Å². The number of primary sulfonamides is 1. The van der Waals surface area contributed by atoms with E-state index in [4.69, 9.17) is 5.14 Å². The molecule has 2 N–H and O–H groups in total. The maximum atomic E-state index is 11.3. The van der Waals surface area contributed by atoms with Crippen molar-refractivity contribution in [3.8, 4) is 0 Å². The van der Waals surface area contributed by atoms with E-state index in [1.54, 1.807) is 18.2 Å². The van der Waals surface area contributed by atoms with Crippen molar-refractivity contribution in [2.45, 2.75) is 24.7 Å².